The van der Waals surface area contributed by atoms with Gasteiger partial charge in [-0.25, -0.2) is 4.39 Å². The number of hydrogen-bond donors (Lipinski definition) is 1. The standard InChI is InChI=1S/C14H11BrFNO3/c15-11-4-8(5-12-14(11)20-2-1-19-12)13(18)9-3-10(16)7-17-6-9/h3-7,13,18H,1-2H2. The Morgan fingerprint density at radius 1 is 1.15 bits per heavy atom. The minimum absolute atomic E-state index is 0.383. The van der Waals surface area contributed by atoms with E-state index >= 15 is 0 Å². The monoisotopic (exact) mass is 339 g/mol. The molecule has 0 radical (unpaired) electrons. The number of hydrogen-bond acceptors (Lipinski definition) is 4. The maximum atomic E-state index is 13.2. The summed E-state index contributed by atoms with van der Waals surface area (Å²) in [5.41, 5.74) is 0.960. The molecule has 1 aromatic carbocycles. The van der Waals surface area contributed by atoms with Gasteiger partial charge in [0.2, 0.25) is 0 Å². The Bertz CT molecular complexity index is 650. The first-order valence-corrected chi connectivity index (χ1v) is 6.82. The fourth-order valence-electron chi connectivity index (χ4n) is 2.06. The van der Waals surface area contributed by atoms with Crippen LogP contribution in [0.3, 0.4) is 0 Å². The Hall–Kier alpha value is -1.66. The summed E-state index contributed by atoms with van der Waals surface area (Å²) < 4.78 is 24.8. The Kier molecular flexibility index (Phi) is 3.58. The summed E-state index contributed by atoms with van der Waals surface area (Å²) in [5.74, 6) is 0.687. The number of aromatic nitrogens is 1. The Labute approximate surface area is 123 Å². The third-order valence-corrected chi connectivity index (χ3v) is 3.57. The lowest BCUT2D eigenvalue weighted by Gasteiger charge is -2.21. The molecule has 1 aliphatic heterocycles. The molecule has 2 heterocycles. The third kappa shape index (κ3) is 2.48. The fraction of sp³-hybridized carbons (Fsp3) is 0.214. The third-order valence-electron chi connectivity index (χ3n) is 2.98. The van der Waals surface area contributed by atoms with Crippen LogP contribution in [0.2, 0.25) is 0 Å². The molecule has 1 aliphatic rings. The highest BCUT2D eigenvalue weighted by molar-refractivity contribution is 9.10. The molecule has 2 aromatic rings. The molecule has 0 saturated carbocycles. The van der Waals surface area contributed by atoms with Crippen LogP contribution < -0.4 is 9.47 Å². The summed E-state index contributed by atoms with van der Waals surface area (Å²) in [5, 5.41) is 10.3. The summed E-state index contributed by atoms with van der Waals surface area (Å²) in [7, 11) is 0. The minimum Gasteiger partial charge on any atom is -0.486 e. The molecule has 1 aromatic heterocycles. The van der Waals surface area contributed by atoms with Crippen LogP contribution in [0.5, 0.6) is 11.5 Å². The molecular formula is C14H11BrFNO3. The zero-order valence-corrected chi connectivity index (χ0v) is 11.9. The molecular weight excluding hydrogens is 329 g/mol. The van der Waals surface area contributed by atoms with E-state index < -0.39 is 11.9 Å². The Balaban J connectivity index is 2.00. The highest BCUT2D eigenvalue weighted by Gasteiger charge is 2.20. The van der Waals surface area contributed by atoms with Gasteiger partial charge >= 0.3 is 0 Å². The highest BCUT2D eigenvalue weighted by atomic mass is 79.9. The van der Waals surface area contributed by atoms with Gasteiger partial charge in [-0.1, -0.05) is 0 Å². The van der Waals surface area contributed by atoms with Gasteiger partial charge in [0, 0.05) is 11.8 Å². The zero-order valence-electron chi connectivity index (χ0n) is 10.3. The number of aliphatic hydroxyl groups excluding tert-OH is 1. The van der Waals surface area contributed by atoms with Gasteiger partial charge in [0.1, 0.15) is 25.1 Å². The first-order valence-electron chi connectivity index (χ1n) is 6.02. The van der Waals surface area contributed by atoms with Crippen LogP contribution in [0.4, 0.5) is 4.39 Å². The second-order valence-electron chi connectivity index (χ2n) is 4.37. The van der Waals surface area contributed by atoms with Crippen LogP contribution in [0.15, 0.2) is 35.1 Å². The second-order valence-corrected chi connectivity index (χ2v) is 5.22. The smallest absolute Gasteiger partial charge is 0.175 e. The normalized spacial score (nSPS) is 14.9. The van der Waals surface area contributed by atoms with E-state index in [1.54, 1.807) is 12.1 Å². The molecule has 1 atom stereocenters. The van der Waals surface area contributed by atoms with Crippen LogP contribution in [-0.4, -0.2) is 23.3 Å². The van der Waals surface area contributed by atoms with Gasteiger partial charge < -0.3 is 14.6 Å². The van der Waals surface area contributed by atoms with Crippen LogP contribution >= 0.6 is 15.9 Å². The maximum absolute atomic E-state index is 13.2. The van der Waals surface area contributed by atoms with Crippen LogP contribution in [0.1, 0.15) is 17.2 Å². The van der Waals surface area contributed by atoms with Gasteiger partial charge in [0.05, 0.1) is 10.7 Å². The van der Waals surface area contributed by atoms with Crippen molar-refractivity contribution >= 4 is 15.9 Å². The summed E-state index contributed by atoms with van der Waals surface area (Å²) in [4.78, 5) is 3.74. The average Bonchev–Trinajstić information content (AvgIpc) is 2.46. The van der Waals surface area contributed by atoms with Crippen molar-refractivity contribution < 1.29 is 19.0 Å². The first kappa shape index (κ1) is 13.3. The molecule has 0 saturated heterocycles. The molecule has 104 valence electrons. The van der Waals surface area contributed by atoms with Crippen LogP contribution in [-0.2, 0) is 0 Å². The molecule has 4 nitrogen and oxygen atoms in total. The van der Waals surface area contributed by atoms with E-state index in [2.05, 4.69) is 20.9 Å². The van der Waals surface area contributed by atoms with Crippen molar-refractivity contribution in [3.05, 3.63) is 52.0 Å². The van der Waals surface area contributed by atoms with E-state index in [0.29, 0.717) is 40.3 Å². The molecule has 3 rings (SSSR count). The molecule has 0 amide bonds. The maximum Gasteiger partial charge on any atom is 0.175 e. The average molecular weight is 340 g/mol. The lowest BCUT2D eigenvalue weighted by Crippen LogP contribution is -2.16. The van der Waals surface area contributed by atoms with E-state index in [-0.39, 0.29) is 0 Å². The molecule has 0 bridgehead atoms. The molecule has 0 fully saturated rings. The van der Waals surface area contributed by atoms with E-state index in [1.807, 2.05) is 0 Å². The summed E-state index contributed by atoms with van der Waals surface area (Å²) in [6.45, 7) is 0.946. The summed E-state index contributed by atoms with van der Waals surface area (Å²) in [6.07, 6.45) is 1.54. The van der Waals surface area contributed by atoms with Crippen molar-refractivity contribution in [3.63, 3.8) is 0 Å². The lowest BCUT2D eigenvalue weighted by atomic mass is 10.0. The Morgan fingerprint density at radius 2 is 1.95 bits per heavy atom. The topological polar surface area (TPSA) is 51.6 Å². The van der Waals surface area contributed by atoms with Gasteiger partial charge in [0.15, 0.2) is 11.5 Å². The molecule has 1 N–H and O–H groups in total. The predicted molar refractivity (Wildman–Crippen MR) is 73.4 cm³/mol. The van der Waals surface area contributed by atoms with Gasteiger partial charge in [0.25, 0.3) is 0 Å². The van der Waals surface area contributed by atoms with E-state index in [0.717, 1.165) is 6.20 Å². The van der Waals surface area contributed by atoms with E-state index in [4.69, 9.17) is 9.47 Å². The van der Waals surface area contributed by atoms with Crippen molar-refractivity contribution in [3.8, 4) is 11.5 Å². The molecule has 20 heavy (non-hydrogen) atoms. The van der Waals surface area contributed by atoms with Crippen molar-refractivity contribution in [2.24, 2.45) is 0 Å². The quantitative estimate of drug-likeness (QED) is 0.914. The van der Waals surface area contributed by atoms with Crippen molar-refractivity contribution in [2.75, 3.05) is 13.2 Å². The number of pyridine rings is 1. The summed E-state index contributed by atoms with van der Waals surface area (Å²) >= 11 is 3.38. The molecule has 6 heteroatoms. The first-order chi connectivity index (χ1) is 9.65. The van der Waals surface area contributed by atoms with Crippen molar-refractivity contribution in [1.82, 2.24) is 4.98 Å². The number of aliphatic hydroxyl groups is 1. The number of halogens is 2. The molecule has 1 unspecified atom stereocenters. The van der Waals surface area contributed by atoms with Gasteiger partial charge in [-0.2, -0.15) is 0 Å². The van der Waals surface area contributed by atoms with Crippen LogP contribution in [0, 0.1) is 5.82 Å². The number of fused-ring (bicyclic) bond motifs is 1. The Morgan fingerprint density at radius 3 is 2.75 bits per heavy atom. The van der Waals surface area contributed by atoms with Gasteiger partial charge in [-0.3, -0.25) is 4.98 Å². The van der Waals surface area contributed by atoms with Crippen molar-refractivity contribution in [2.45, 2.75) is 6.10 Å². The van der Waals surface area contributed by atoms with Gasteiger partial charge in [-0.15, -0.1) is 0 Å². The SMILES string of the molecule is OC(c1cncc(F)c1)c1cc(Br)c2c(c1)OCCO2. The lowest BCUT2D eigenvalue weighted by molar-refractivity contribution is 0.168. The summed E-state index contributed by atoms with van der Waals surface area (Å²) in [6, 6.07) is 4.67. The molecule has 0 spiro atoms. The van der Waals surface area contributed by atoms with Crippen LogP contribution in [0.25, 0.3) is 0 Å². The second kappa shape index (κ2) is 5.38. The van der Waals surface area contributed by atoms with E-state index in [9.17, 15) is 9.50 Å². The van der Waals surface area contributed by atoms with Crippen molar-refractivity contribution in [1.29, 1.82) is 0 Å². The predicted octanol–water partition coefficient (Wildman–Crippen LogP) is 2.84. The fourth-order valence-corrected chi connectivity index (χ4v) is 2.63. The number of rotatable bonds is 2. The zero-order chi connectivity index (χ0) is 14.1. The molecule has 0 aliphatic carbocycles. The largest absolute Gasteiger partial charge is 0.486 e. The highest BCUT2D eigenvalue weighted by Crippen LogP contribution is 2.40. The number of benzene rings is 1. The van der Waals surface area contributed by atoms with Gasteiger partial charge in [-0.05, 0) is 39.7 Å². The minimum atomic E-state index is -0.981. The van der Waals surface area contributed by atoms with E-state index in [1.165, 1.54) is 12.3 Å². The number of ether oxygens (including phenoxy) is 2. The number of nitrogens with zero attached hydrogens (tertiary/aromatic N) is 1.